The van der Waals surface area contributed by atoms with Crippen molar-refractivity contribution in [3.05, 3.63) is 74.7 Å². The van der Waals surface area contributed by atoms with Gasteiger partial charge in [0.1, 0.15) is 12.1 Å². The molecule has 0 aliphatic heterocycles. The molecule has 0 aliphatic carbocycles. The Kier molecular flexibility index (Phi) is 5.54. The van der Waals surface area contributed by atoms with Gasteiger partial charge in [-0.3, -0.25) is 0 Å². The van der Waals surface area contributed by atoms with E-state index in [1.54, 1.807) is 18.2 Å². The zero-order valence-electron chi connectivity index (χ0n) is 13.9. The molecule has 0 saturated heterocycles. The third-order valence-electron chi connectivity index (χ3n) is 3.76. The van der Waals surface area contributed by atoms with Gasteiger partial charge >= 0.3 is 0 Å². The summed E-state index contributed by atoms with van der Waals surface area (Å²) in [6.07, 6.45) is 2.77. The Bertz CT molecular complexity index is 1170. The number of benzene rings is 2. The summed E-state index contributed by atoms with van der Waals surface area (Å²) in [6.45, 7) is 0. The molecule has 0 atom stereocenters. The van der Waals surface area contributed by atoms with Gasteiger partial charge in [-0.1, -0.05) is 58.7 Å². The van der Waals surface area contributed by atoms with E-state index in [2.05, 4.69) is 20.4 Å². The topological polar surface area (TPSA) is 60.4 Å². The van der Waals surface area contributed by atoms with Gasteiger partial charge in [0.05, 0.1) is 11.2 Å². The zero-order chi connectivity index (χ0) is 19.7. The Labute approximate surface area is 177 Å². The molecule has 2 heterocycles. The summed E-state index contributed by atoms with van der Waals surface area (Å²) in [5.74, 6) is 0.482. The van der Waals surface area contributed by atoms with E-state index < -0.39 is 5.82 Å². The van der Waals surface area contributed by atoms with Gasteiger partial charge in [0, 0.05) is 21.4 Å². The molecule has 0 radical (unpaired) electrons. The average Bonchev–Trinajstić information content (AvgIpc) is 3.23. The van der Waals surface area contributed by atoms with Crippen LogP contribution in [0.4, 0.5) is 4.39 Å². The Morgan fingerprint density at radius 3 is 2.75 bits per heavy atom. The predicted molar refractivity (Wildman–Crippen MR) is 109 cm³/mol. The highest BCUT2D eigenvalue weighted by Crippen LogP contribution is 2.27. The van der Waals surface area contributed by atoms with Gasteiger partial charge in [-0.2, -0.15) is 19.4 Å². The number of hydrogen-bond donors (Lipinski definition) is 0. The van der Waals surface area contributed by atoms with E-state index in [-0.39, 0.29) is 10.6 Å². The van der Waals surface area contributed by atoms with Gasteiger partial charge in [0.25, 0.3) is 5.78 Å². The lowest BCUT2D eigenvalue weighted by Crippen LogP contribution is -1.94. The van der Waals surface area contributed by atoms with E-state index in [1.807, 2.05) is 6.07 Å². The van der Waals surface area contributed by atoms with Crippen molar-refractivity contribution in [1.82, 2.24) is 24.5 Å². The third-order valence-corrected chi connectivity index (χ3v) is 5.64. The normalized spacial score (nSPS) is 11.7. The first kappa shape index (κ1) is 19.2. The van der Waals surface area contributed by atoms with Crippen LogP contribution in [0.25, 0.3) is 5.78 Å². The van der Waals surface area contributed by atoms with E-state index in [0.717, 1.165) is 5.56 Å². The number of rotatable bonds is 5. The first-order valence-electron chi connectivity index (χ1n) is 7.87. The number of halogens is 4. The van der Waals surface area contributed by atoms with Crippen LogP contribution in [0.3, 0.4) is 0 Å². The second kappa shape index (κ2) is 8.08. The van der Waals surface area contributed by atoms with Crippen molar-refractivity contribution in [2.24, 2.45) is 5.10 Å². The molecular formula is C17H10Cl3FN6S. The number of aromatic nitrogens is 5. The maximum atomic E-state index is 13.9. The third kappa shape index (κ3) is 3.86. The number of nitrogens with zero attached hydrogens (tertiary/aromatic N) is 6. The lowest BCUT2D eigenvalue weighted by molar-refractivity contribution is 0.626. The fraction of sp³-hybridized carbons (Fsp3) is 0.0588. The summed E-state index contributed by atoms with van der Waals surface area (Å²) >= 11 is 19.5. The van der Waals surface area contributed by atoms with E-state index in [4.69, 9.17) is 34.8 Å². The molecule has 0 amide bonds. The quantitative estimate of drug-likeness (QED) is 0.306. The molecule has 2 aromatic carbocycles. The van der Waals surface area contributed by atoms with Crippen molar-refractivity contribution in [1.29, 1.82) is 0 Å². The molecular weight excluding hydrogens is 446 g/mol. The maximum Gasteiger partial charge on any atom is 0.275 e. The van der Waals surface area contributed by atoms with Gasteiger partial charge in [-0.25, -0.2) is 4.39 Å². The molecule has 11 heteroatoms. The van der Waals surface area contributed by atoms with E-state index in [1.165, 1.54) is 45.6 Å². The monoisotopic (exact) mass is 454 g/mol. The summed E-state index contributed by atoms with van der Waals surface area (Å²) in [5.41, 5.74) is 1.10. The molecule has 2 aromatic heterocycles. The Morgan fingerprint density at radius 2 is 1.96 bits per heavy atom. The first-order valence-corrected chi connectivity index (χ1v) is 9.99. The van der Waals surface area contributed by atoms with Crippen LogP contribution in [0, 0.1) is 5.82 Å². The van der Waals surface area contributed by atoms with Crippen LogP contribution in [-0.4, -0.2) is 30.7 Å². The minimum absolute atomic E-state index is 0.183. The van der Waals surface area contributed by atoms with Crippen LogP contribution in [0.15, 0.2) is 53.0 Å². The van der Waals surface area contributed by atoms with Crippen LogP contribution in [0.5, 0.6) is 0 Å². The van der Waals surface area contributed by atoms with Crippen molar-refractivity contribution in [2.45, 2.75) is 10.9 Å². The van der Waals surface area contributed by atoms with Gasteiger partial charge in [0.2, 0.25) is 5.16 Å². The first-order chi connectivity index (χ1) is 13.5. The molecule has 0 spiro atoms. The summed E-state index contributed by atoms with van der Waals surface area (Å²) in [5, 5.41) is 18.6. The van der Waals surface area contributed by atoms with Crippen LogP contribution in [0.1, 0.15) is 11.1 Å². The van der Waals surface area contributed by atoms with Gasteiger partial charge < -0.3 is 0 Å². The maximum absolute atomic E-state index is 13.9. The second-order valence-corrected chi connectivity index (χ2v) is 7.77. The molecule has 6 nitrogen and oxygen atoms in total. The van der Waals surface area contributed by atoms with E-state index in [9.17, 15) is 4.39 Å². The highest BCUT2D eigenvalue weighted by atomic mass is 35.5. The van der Waals surface area contributed by atoms with Crippen molar-refractivity contribution >= 4 is 58.6 Å². The molecule has 4 aromatic rings. The lowest BCUT2D eigenvalue weighted by atomic mass is 10.2. The Hall–Kier alpha value is -2.13. The molecule has 0 aliphatic rings. The number of hydrogen-bond acceptors (Lipinski definition) is 5. The molecule has 28 heavy (non-hydrogen) atoms. The molecule has 0 bridgehead atoms. The molecule has 0 N–H and O–H groups in total. The lowest BCUT2D eigenvalue weighted by Gasteiger charge is -2.02. The molecule has 4 rings (SSSR count). The summed E-state index contributed by atoms with van der Waals surface area (Å²) in [7, 11) is 0. The highest BCUT2D eigenvalue weighted by molar-refractivity contribution is 7.98. The summed E-state index contributed by atoms with van der Waals surface area (Å²) < 4.78 is 16.8. The largest absolute Gasteiger partial charge is 0.275 e. The smallest absolute Gasteiger partial charge is 0.206 e. The fourth-order valence-corrected chi connectivity index (χ4v) is 4.01. The minimum Gasteiger partial charge on any atom is -0.206 e. The van der Waals surface area contributed by atoms with Crippen LogP contribution in [0.2, 0.25) is 15.1 Å². The summed E-state index contributed by atoms with van der Waals surface area (Å²) in [6, 6.07) is 9.75. The van der Waals surface area contributed by atoms with Crippen LogP contribution < -0.4 is 0 Å². The predicted octanol–water partition coefficient (Wildman–Crippen LogP) is 5.20. The van der Waals surface area contributed by atoms with Crippen molar-refractivity contribution in [2.75, 3.05) is 0 Å². The van der Waals surface area contributed by atoms with Crippen LogP contribution >= 0.6 is 46.6 Å². The average molecular weight is 456 g/mol. The van der Waals surface area contributed by atoms with E-state index >= 15 is 0 Å². The molecule has 0 unspecified atom stereocenters. The standard InChI is InChI=1S/C17H10Cl3FN6S/c18-11-5-4-10(14(20)6-11)8-28-17-25-24-16-26(9-23-27(16)17)22-7-12-13(19)2-1-3-15(12)21/h1-7,9H,8H2. The van der Waals surface area contributed by atoms with Crippen molar-refractivity contribution < 1.29 is 4.39 Å². The highest BCUT2D eigenvalue weighted by Gasteiger charge is 2.13. The minimum atomic E-state index is -0.468. The van der Waals surface area contributed by atoms with Gasteiger partial charge in [-0.05, 0) is 29.8 Å². The number of fused-ring (bicyclic) bond motifs is 1. The van der Waals surface area contributed by atoms with Gasteiger partial charge in [-0.15, -0.1) is 10.2 Å². The zero-order valence-corrected chi connectivity index (χ0v) is 17.0. The molecule has 0 saturated carbocycles. The van der Waals surface area contributed by atoms with Gasteiger partial charge in [0.15, 0.2) is 0 Å². The Balaban J connectivity index is 1.56. The van der Waals surface area contributed by atoms with Crippen LogP contribution in [-0.2, 0) is 5.75 Å². The Morgan fingerprint density at radius 1 is 1.11 bits per heavy atom. The molecule has 142 valence electrons. The summed E-state index contributed by atoms with van der Waals surface area (Å²) in [4.78, 5) is 0. The van der Waals surface area contributed by atoms with Crippen molar-refractivity contribution in [3.63, 3.8) is 0 Å². The molecule has 0 fully saturated rings. The fourth-order valence-electron chi connectivity index (χ4n) is 2.36. The SMILES string of the molecule is Fc1cccc(Cl)c1C=Nn1cnn2c(SCc3ccc(Cl)cc3Cl)nnc12. The van der Waals surface area contributed by atoms with E-state index in [0.29, 0.717) is 26.7 Å². The second-order valence-electron chi connectivity index (χ2n) is 5.57. The van der Waals surface area contributed by atoms with Crippen molar-refractivity contribution in [3.8, 4) is 0 Å². The number of thioether (sulfide) groups is 1.